The quantitative estimate of drug-likeness (QED) is 0.802. The first-order valence-electron chi connectivity index (χ1n) is 8.19. The smallest absolute Gasteiger partial charge is 0.310 e. The number of anilines is 1. The Balaban J connectivity index is 1.93. The van der Waals surface area contributed by atoms with Gasteiger partial charge in [0.05, 0.1) is 5.92 Å². The van der Waals surface area contributed by atoms with Crippen LogP contribution in [0.25, 0.3) is 0 Å². The van der Waals surface area contributed by atoms with E-state index in [4.69, 9.17) is 5.11 Å². The lowest BCUT2D eigenvalue weighted by molar-refractivity contribution is -0.138. The summed E-state index contributed by atoms with van der Waals surface area (Å²) in [5.74, 6) is -0.906. The lowest BCUT2D eigenvalue weighted by Crippen LogP contribution is -2.16. The molecule has 0 radical (unpaired) electrons. The molecule has 1 amide bonds. The molecule has 4 nitrogen and oxygen atoms in total. The third-order valence-electron chi connectivity index (χ3n) is 4.49. The highest BCUT2D eigenvalue weighted by Gasteiger charge is 2.17. The monoisotopic (exact) mass is 303 g/mol. The number of carbonyl (C=O) groups excluding carboxylic acids is 1. The van der Waals surface area contributed by atoms with Crippen molar-refractivity contribution in [3.8, 4) is 0 Å². The molecule has 2 N–H and O–H groups in total. The summed E-state index contributed by atoms with van der Waals surface area (Å²) in [5, 5.41) is 12.0. The van der Waals surface area contributed by atoms with Crippen LogP contribution in [0.2, 0.25) is 0 Å². The molecule has 0 heterocycles. The maximum atomic E-state index is 12.2. The van der Waals surface area contributed by atoms with E-state index in [9.17, 15) is 9.59 Å². The van der Waals surface area contributed by atoms with E-state index in [1.165, 1.54) is 25.7 Å². The number of nitrogens with one attached hydrogen (secondary N) is 1. The summed E-state index contributed by atoms with van der Waals surface area (Å²) in [4.78, 5) is 23.2. The Morgan fingerprint density at radius 3 is 2.55 bits per heavy atom. The minimum atomic E-state index is -0.859. The van der Waals surface area contributed by atoms with Crippen LogP contribution in [-0.4, -0.2) is 17.0 Å². The fourth-order valence-corrected chi connectivity index (χ4v) is 3.07. The Morgan fingerprint density at radius 1 is 1.23 bits per heavy atom. The molecule has 1 atom stereocenters. The largest absolute Gasteiger partial charge is 0.481 e. The number of carboxylic acid groups (broad SMARTS) is 1. The molecule has 0 aromatic heterocycles. The van der Waals surface area contributed by atoms with Crippen LogP contribution >= 0.6 is 0 Å². The van der Waals surface area contributed by atoms with Gasteiger partial charge in [0.2, 0.25) is 5.91 Å². The second-order valence-electron chi connectivity index (χ2n) is 6.30. The van der Waals surface area contributed by atoms with Crippen molar-refractivity contribution in [2.45, 2.75) is 57.8 Å². The summed E-state index contributed by atoms with van der Waals surface area (Å²) in [7, 11) is 0. The minimum Gasteiger partial charge on any atom is -0.481 e. The van der Waals surface area contributed by atoms with Crippen molar-refractivity contribution < 1.29 is 14.7 Å². The Kier molecular flexibility index (Phi) is 5.99. The molecular weight excluding hydrogens is 278 g/mol. The topological polar surface area (TPSA) is 66.4 Å². The zero-order valence-corrected chi connectivity index (χ0v) is 13.2. The number of carboxylic acids is 1. The zero-order valence-electron chi connectivity index (χ0n) is 13.2. The summed E-state index contributed by atoms with van der Waals surface area (Å²) in [6.07, 6.45) is 7.87. The Labute approximate surface area is 131 Å². The van der Waals surface area contributed by atoms with Crippen molar-refractivity contribution in [2.75, 3.05) is 5.32 Å². The van der Waals surface area contributed by atoms with Gasteiger partial charge in [0.15, 0.2) is 0 Å². The molecule has 1 fully saturated rings. The maximum absolute atomic E-state index is 12.2. The highest BCUT2D eigenvalue weighted by molar-refractivity contribution is 5.91. The lowest BCUT2D eigenvalue weighted by atomic mass is 9.96. The second-order valence-corrected chi connectivity index (χ2v) is 6.30. The minimum absolute atomic E-state index is 0.0343. The molecule has 0 saturated heterocycles. The highest BCUT2D eigenvalue weighted by atomic mass is 16.4. The van der Waals surface area contributed by atoms with E-state index in [-0.39, 0.29) is 5.91 Å². The molecule has 0 bridgehead atoms. The van der Waals surface area contributed by atoms with Crippen molar-refractivity contribution in [1.29, 1.82) is 0 Å². The SMILES string of the molecule is CC(C(=O)O)c1cccc(NC(=O)CC2CCCCCC2)c1. The van der Waals surface area contributed by atoms with Gasteiger partial charge in [-0.05, 0) is 43.4 Å². The van der Waals surface area contributed by atoms with Gasteiger partial charge in [-0.1, -0.05) is 37.8 Å². The third-order valence-corrected chi connectivity index (χ3v) is 4.49. The molecular formula is C18H25NO3. The molecule has 2 rings (SSSR count). The first kappa shape index (κ1) is 16.5. The third kappa shape index (κ3) is 4.86. The van der Waals surface area contributed by atoms with Gasteiger partial charge in [0.1, 0.15) is 0 Å². The van der Waals surface area contributed by atoms with Gasteiger partial charge in [-0.3, -0.25) is 9.59 Å². The molecule has 0 spiro atoms. The van der Waals surface area contributed by atoms with Gasteiger partial charge in [-0.2, -0.15) is 0 Å². The van der Waals surface area contributed by atoms with Gasteiger partial charge < -0.3 is 10.4 Å². The Hall–Kier alpha value is -1.84. The number of hydrogen-bond donors (Lipinski definition) is 2. The number of carbonyl (C=O) groups is 2. The highest BCUT2D eigenvalue weighted by Crippen LogP contribution is 2.26. The van der Waals surface area contributed by atoms with Crippen molar-refractivity contribution in [3.05, 3.63) is 29.8 Å². The van der Waals surface area contributed by atoms with Crippen molar-refractivity contribution in [2.24, 2.45) is 5.92 Å². The van der Waals surface area contributed by atoms with E-state index >= 15 is 0 Å². The summed E-state index contributed by atoms with van der Waals surface area (Å²) in [5.41, 5.74) is 1.39. The van der Waals surface area contributed by atoms with Gasteiger partial charge >= 0.3 is 5.97 Å². The first-order chi connectivity index (χ1) is 10.6. The van der Waals surface area contributed by atoms with Crippen LogP contribution in [0, 0.1) is 5.92 Å². The van der Waals surface area contributed by atoms with Gasteiger partial charge in [0, 0.05) is 12.1 Å². The number of amides is 1. The van der Waals surface area contributed by atoms with Crippen LogP contribution in [0.15, 0.2) is 24.3 Å². The molecule has 1 unspecified atom stereocenters. The molecule has 1 aromatic rings. The van der Waals surface area contributed by atoms with Crippen LogP contribution in [0.4, 0.5) is 5.69 Å². The normalized spacial score (nSPS) is 17.5. The molecule has 0 aliphatic heterocycles. The summed E-state index contributed by atoms with van der Waals surface area (Å²) >= 11 is 0. The van der Waals surface area contributed by atoms with E-state index in [1.807, 2.05) is 6.07 Å². The van der Waals surface area contributed by atoms with Gasteiger partial charge in [-0.15, -0.1) is 0 Å². The maximum Gasteiger partial charge on any atom is 0.310 e. The standard InChI is InChI=1S/C18H25NO3/c1-13(18(21)22)15-9-6-10-16(12-15)19-17(20)11-14-7-4-2-3-5-8-14/h6,9-10,12-14H,2-5,7-8,11H2,1H3,(H,19,20)(H,21,22). The number of benzene rings is 1. The molecule has 1 aliphatic carbocycles. The van der Waals surface area contributed by atoms with Crippen LogP contribution < -0.4 is 5.32 Å². The number of hydrogen-bond acceptors (Lipinski definition) is 2. The van der Waals surface area contributed by atoms with E-state index in [2.05, 4.69) is 5.32 Å². The second kappa shape index (κ2) is 7.97. The van der Waals surface area contributed by atoms with E-state index in [1.54, 1.807) is 25.1 Å². The van der Waals surface area contributed by atoms with Crippen molar-refractivity contribution >= 4 is 17.6 Å². The predicted molar refractivity (Wildman–Crippen MR) is 86.9 cm³/mol. The lowest BCUT2D eigenvalue weighted by Gasteiger charge is -2.14. The van der Waals surface area contributed by atoms with Crippen molar-refractivity contribution in [1.82, 2.24) is 0 Å². The van der Waals surface area contributed by atoms with Crippen LogP contribution in [0.5, 0.6) is 0 Å². The summed E-state index contributed by atoms with van der Waals surface area (Å²) < 4.78 is 0. The molecule has 22 heavy (non-hydrogen) atoms. The first-order valence-corrected chi connectivity index (χ1v) is 8.19. The summed E-state index contributed by atoms with van der Waals surface area (Å²) in [6, 6.07) is 7.13. The van der Waals surface area contributed by atoms with Gasteiger partial charge in [0.25, 0.3) is 0 Å². The van der Waals surface area contributed by atoms with E-state index < -0.39 is 11.9 Å². The Bertz CT molecular complexity index is 519. The fraction of sp³-hybridized carbons (Fsp3) is 0.556. The van der Waals surface area contributed by atoms with Crippen molar-refractivity contribution in [3.63, 3.8) is 0 Å². The number of rotatable bonds is 5. The van der Waals surface area contributed by atoms with E-state index in [0.29, 0.717) is 23.6 Å². The van der Waals surface area contributed by atoms with Crippen LogP contribution in [-0.2, 0) is 9.59 Å². The molecule has 1 aromatic carbocycles. The fourth-order valence-electron chi connectivity index (χ4n) is 3.07. The summed E-state index contributed by atoms with van der Waals surface area (Å²) in [6.45, 7) is 1.65. The average molecular weight is 303 g/mol. The molecule has 1 saturated carbocycles. The Morgan fingerprint density at radius 2 is 1.91 bits per heavy atom. The molecule has 120 valence electrons. The van der Waals surface area contributed by atoms with Crippen LogP contribution in [0.3, 0.4) is 0 Å². The number of aliphatic carboxylic acids is 1. The van der Waals surface area contributed by atoms with Crippen LogP contribution in [0.1, 0.15) is 63.4 Å². The predicted octanol–water partition coefficient (Wildman–Crippen LogP) is 4.17. The molecule has 1 aliphatic rings. The van der Waals surface area contributed by atoms with Gasteiger partial charge in [-0.25, -0.2) is 0 Å². The average Bonchev–Trinajstić information content (AvgIpc) is 2.75. The van der Waals surface area contributed by atoms with E-state index in [0.717, 1.165) is 12.8 Å². The zero-order chi connectivity index (χ0) is 15.9. The molecule has 4 heteroatoms.